The van der Waals surface area contributed by atoms with Crippen LogP contribution in [0, 0.1) is 5.92 Å². The lowest BCUT2D eigenvalue weighted by molar-refractivity contribution is -0.129. The van der Waals surface area contributed by atoms with Crippen molar-refractivity contribution in [2.24, 2.45) is 5.92 Å². The minimum absolute atomic E-state index is 0.0611. The quantitative estimate of drug-likeness (QED) is 0.799. The first-order valence-corrected chi connectivity index (χ1v) is 11.5. The number of hydrogen-bond acceptors (Lipinski definition) is 4. The molecule has 2 unspecified atom stereocenters. The van der Waals surface area contributed by atoms with Gasteiger partial charge < -0.3 is 19.9 Å². The number of nitrogens with zero attached hydrogens (tertiary/aromatic N) is 2. The molecule has 4 aliphatic rings. The van der Waals surface area contributed by atoms with Gasteiger partial charge in [0.05, 0.1) is 6.61 Å². The molecule has 4 rings (SSSR count). The van der Waals surface area contributed by atoms with Crippen molar-refractivity contribution in [1.82, 2.24) is 15.1 Å². The number of piperidine rings is 3. The number of carbonyl (C=O) groups is 2. The van der Waals surface area contributed by atoms with Crippen molar-refractivity contribution in [2.45, 2.75) is 102 Å². The molecule has 2 amide bonds. The summed E-state index contributed by atoms with van der Waals surface area (Å²) in [4.78, 5) is 29.7. The highest BCUT2D eigenvalue weighted by Gasteiger charge is 2.44. The molecule has 28 heavy (non-hydrogen) atoms. The van der Waals surface area contributed by atoms with Crippen molar-refractivity contribution in [3.8, 4) is 0 Å². The lowest BCUT2D eigenvalue weighted by Crippen LogP contribution is -2.60. The topological polar surface area (TPSA) is 61.9 Å². The Kier molecular flexibility index (Phi) is 5.86. The molecule has 0 spiro atoms. The van der Waals surface area contributed by atoms with Crippen LogP contribution in [0.5, 0.6) is 0 Å². The fraction of sp³-hybridized carbons (Fsp3) is 0.909. The van der Waals surface area contributed by atoms with Crippen molar-refractivity contribution in [1.29, 1.82) is 0 Å². The molecular formula is C22H37N3O3. The van der Waals surface area contributed by atoms with E-state index in [2.05, 4.69) is 17.1 Å². The van der Waals surface area contributed by atoms with Crippen molar-refractivity contribution < 1.29 is 14.3 Å². The first-order valence-electron chi connectivity index (χ1n) is 11.5. The molecule has 158 valence electrons. The number of amides is 2. The molecule has 1 aliphatic carbocycles. The Morgan fingerprint density at radius 2 is 1.64 bits per heavy atom. The molecule has 3 aliphatic heterocycles. The number of rotatable bonds is 4. The third-order valence-corrected chi connectivity index (χ3v) is 7.73. The van der Waals surface area contributed by atoms with Crippen LogP contribution in [0.2, 0.25) is 0 Å². The van der Waals surface area contributed by atoms with Gasteiger partial charge in [-0.15, -0.1) is 0 Å². The van der Waals surface area contributed by atoms with Gasteiger partial charge in [-0.3, -0.25) is 4.79 Å². The van der Waals surface area contributed by atoms with E-state index in [-0.39, 0.29) is 23.5 Å². The molecule has 3 saturated heterocycles. The predicted octanol–water partition coefficient (Wildman–Crippen LogP) is 3.30. The predicted molar refractivity (Wildman–Crippen MR) is 108 cm³/mol. The van der Waals surface area contributed by atoms with Crippen molar-refractivity contribution in [3.63, 3.8) is 0 Å². The van der Waals surface area contributed by atoms with E-state index in [1.54, 1.807) is 0 Å². The zero-order valence-electron chi connectivity index (χ0n) is 17.6. The molecule has 3 heterocycles. The van der Waals surface area contributed by atoms with Gasteiger partial charge in [-0.2, -0.15) is 0 Å². The van der Waals surface area contributed by atoms with Crippen LogP contribution >= 0.6 is 0 Å². The second-order valence-corrected chi connectivity index (χ2v) is 9.68. The van der Waals surface area contributed by atoms with Crippen LogP contribution in [0.4, 0.5) is 4.79 Å². The summed E-state index contributed by atoms with van der Waals surface area (Å²) >= 11 is 0. The maximum Gasteiger partial charge on any atom is 0.410 e. The molecule has 1 saturated carbocycles. The van der Waals surface area contributed by atoms with Gasteiger partial charge in [-0.05, 0) is 91.1 Å². The number of fused-ring (bicyclic) bond motifs is 2. The molecule has 0 aromatic heterocycles. The van der Waals surface area contributed by atoms with E-state index in [1.165, 1.54) is 12.8 Å². The summed E-state index contributed by atoms with van der Waals surface area (Å²) in [6, 6.07) is 1.21. The van der Waals surface area contributed by atoms with Crippen molar-refractivity contribution in [2.75, 3.05) is 19.7 Å². The third kappa shape index (κ3) is 4.03. The Hall–Kier alpha value is -1.30. The average molecular weight is 392 g/mol. The lowest BCUT2D eigenvalue weighted by Gasteiger charge is -2.51. The Morgan fingerprint density at radius 3 is 2.18 bits per heavy atom. The maximum absolute atomic E-state index is 12.6. The van der Waals surface area contributed by atoms with Crippen LogP contribution in [-0.4, -0.2) is 65.2 Å². The van der Waals surface area contributed by atoms with Gasteiger partial charge in [0, 0.05) is 29.6 Å². The summed E-state index contributed by atoms with van der Waals surface area (Å²) in [6.45, 7) is 6.54. The lowest BCUT2D eigenvalue weighted by atomic mass is 9.77. The zero-order valence-corrected chi connectivity index (χ0v) is 17.6. The number of carbonyl (C=O) groups excluding carboxylic acids is 2. The van der Waals surface area contributed by atoms with Gasteiger partial charge in [-0.25, -0.2) is 4.79 Å². The Morgan fingerprint density at radius 1 is 1.00 bits per heavy atom. The molecule has 6 heteroatoms. The Bertz CT molecular complexity index is 570. The smallest absolute Gasteiger partial charge is 0.410 e. The molecule has 2 bridgehead atoms. The fourth-order valence-electron chi connectivity index (χ4n) is 5.91. The van der Waals surface area contributed by atoms with Crippen LogP contribution in [0.3, 0.4) is 0 Å². The Labute approximate surface area is 169 Å². The van der Waals surface area contributed by atoms with Crippen molar-refractivity contribution in [3.05, 3.63) is 0 Å². The molecule has 0 aromatic carbocycles. The summed E-state index contributed by atoms with van der Waals surface area (Å²) < 4.78 is 5.32. The molecule has 6 nitrogen and oxygen atoms in total. The molecule has 1 N–H and O–H groups in total. The highest BCUT2D eigenvalue weighted by molar-refractivity contribution is 5.79. The van der Waals surface area contributed by atoms with E-state index in [0.717, 1.165) is 64.5 Å². The molecular weight excluding hydrogens is 354 g/mol. The van der Waals surface area contributed by atoms with Crippen LogP contribution in [0.25, 0.3) is 0 Å². The van der Waals surface area contributed by atoms with Gasteiger partial charge >= 0.3 is 6.09 Å². The molecule has 4 fully saturated rings. The first-order chi connectivity index (χ1) is 13.5. The molecule has 0 radical (unpaired) electrons. The minimum atomic E-state index is -0.115. The van der Waals surface area contributed by atoms with Gasteiger partial charge in [0.1, 0.15) is 0 Å². The fourth-order valence-corrected chi connectivity index (χ4v) is 5.91. The van der Waals surface area contributed by atoms with E-state index in [4.69, 9.17) is 4.74 Å². The van der Waals surface area contributed by atoms with Crippen LogP contribution in [0.1, 0.15) is 78.1 Å². The number of likely N-dealkylation sites (tertiary alicyclic amines) is 1. The van der Waals surface area contributed by atoms with Gasteiger partial charge in [0.15, 0.2) is 0 Å². The van der Waals surface area contributed by atoms with E-state index in [9.17, 15) is 9.59 Å². The summed E-state index contributed by atoms with van der Waals surface area (Å²) in [5.41, 5.74) is 0.0611. The second kappa shape index (κ2) is 8.21. The van der Waals surface area contributed by atoms with Crippen molar-refractivity contribution >= 4 is 12.0 Å². The second-order valence-electron chi connectivity index (χ2n) is 9.68. The Balaban J connectivity index is 1.29. The van der Waals surface area contributed by atoms with Crippen LogP contribution in [-0.2, 0) is 9.53 Å². The van der Waals surface area contributed by atoms with E-state index < -0.39 is 0 Å². The maximum atomic E-state index is 12.6. The standard InChI is InChI=1S/C22H37N3O3/c1-3-28-21(27)25-17-6-4-7-18(25)15-19(14-17)24-12-8-16(9-13-24)20(26)23-22(2)10-5-11-22/h16-19H,3-15H2,1-2H3,(H,23,26). The normalized spacial score (nSPS) is 33.1. The van der Waals surface area contributed by atoms with Gasteiger partial charge in [0.2, 0.25) is 5.91 Å². The SMILES string of the molecule is CCOC(=O)N1C2CCCC1CC(N1CCC(C(=O)NC3(C)CCC3)CC1)C2. The molecule has 2 atom stereocenters. The van der Waals surface area contributed by atoms with E-state index >= 15 is 0 Å². The minimum Gasteiger partial charge on any atom is -0.450 e. The zero-order chi connectivity index (χ0) is 19.7. The van der Waals surface area contributed by atoms with Crippen LogP contribution < -0.4 is 5.32 Å². The number of hydrogen-bond donors (Lipinski definition) is 1. The monoisotopic (exact) mass is 391 g/mol. The molecule has 0 aromatic rings. The summed E-state index contributed by atoms with van der Waals surface area (Å²) in [5, 5.41) is 3.30. The number of nitrogens with one attached hydrogen (secondary N) is 1. The summed E-state index contributed by atoms with van der Waals surface area (Å²) in [5.74, 6) is 0.448. The number of ether oxygens (including phenoxy) is 1. The largest absolute Gasteiger partial charge is 0.450 e. The highest BCUT2D eigenvalue weighted by Crippen LogP contribution is 2.38. The van der Waals surface area contributed by atoms with E-state index in [1.807, 2.05) is 11.8 Å². The average Bonchev–Trinajstić information content (AvgIpc) is 2.66. The summed E-state index contributed by atoms with van der Waals surface area (Å²) in [6.07, 6.45) is 10.8. The van der Waals surface area contributed by atoms with Crippen LogP contribution in [0.15, 0.2) is 0 Å². The van der Waals surface area contributed by atoms with Gasteiger partial charge in [0.25, 0.3) is 0 Å². The first kappa shape index (κ1) is 20.0. The summed E-state index contributed by atoms with van der Waals surface area (Å²) in [7, 11) is 0. The van der Waals surface area contributed by atoms with Gasteiger partial charge in [-0.1, -0.05) is 0 Å². The highest BCUT2D eigenvalue weighted by atomic mass is 16.6. The van der Waals surface area contributed by atoms with E-state index in [0.29, 0.717) is 24.7 Å². The third-order valence-electron chi connectivity index (χ3n) is 7.73.